The summed E-state index contributed by atoms with van der Waals surface area (Å²) in [6, 6.07) is 1.83. The Bertz CT molecular complexity index is 372. The van der Waals surface area contributed by atoms with Crippen molar-refractivity contribution in [2.75, 3.05) is 25.5 Å². The predicted octanol–water partition coefficient (Wildman–Crippen LogP) is 1.75. The average Bonchev–Trinajstić information content (AvgIpc) is 2.39. The van der Waals surface area contributed by atoms with E-state index < -0.39 is 0 Å². The van der Waals surface area contributed by atoms with Crippen LogP contribution in [0.25, 0.3) is 0 Å². The summed E-state index contributed by atoms with van der Waals surface area (Å²) in [6.07, 6.45) is 6.79. The molecule has 4 nitrogen and oxygen atoms in total. The Kier molecular flexibility index (Phi) is 3.39. The lowest BCUT2D eigenvalue weighted by Crippen LogP contribution is -2.36. The van der Waals surface area contributed by atoms with Crippen molar-refractivity contribution in [2.45, 2.75) is 19.3 Å². The number of carbonyl (C=O) groups excluding carboxylic acids is 1. The fraction of sp³-hybridized carbons (Fsp3) is 0.500. The van der Waals surface area contributed by atoms with E-state index in [9.17, 15) is 4.79 Å². The largest absolute Gasteiger partial charge is 0.387 e. The van der Waals surface area contributed by atoms with Crippen molar-refractivity contribution in [3.05, 3.63) is 24.0 Å². The number of piperidine rings is 1. The fourth-order valence-corrected chi connectivity index (χ4v) is 2.05. The lowest BCUT2D eigenvalue weighted by Gasteiger charge is -2.27. The second kappa shape index (κ2) is 4.96. The van der Waals surface area contributed by atoms with Crippen LogP contribution < -0.4 is 5.32 Å². The third kappa shape index (κ3) is 2.15. The van der Waals surface area contributed by atoms with Crippen LogP contribution in [0.1, 0.15) is 29.6 Å². The Morgan fingerprint density at radius 3 is 2.81 bits per heavy atom. The lowest BCUT2D eigenvalue weighted by atomic mass is 10.1. The minimum Gasteiger partial charge on any atom is -0.387 e. The molecule has 0 bridgehead atoms. The zero-order valence-electron chi connectivity index (χ0n) is 9.57. The van der Waals surface area contributed by atoms with Crippen LogP contribution in [-0.2, 0) is 0 Å². The molecule has 1 aliphatic heterocycles. The van der Waals surface area contributed by atoms with E-state index in [1.54, 1.807) is 12.4 Å². The highest BCUT2D eigenvalue weighted by Gasteiger charge is 2.20. The van der Waals surface area contributed by atoms with Crippen LogP contribution in [0.3, 0.4) is 0 Å². The molecule has 1 fully saturated rings. The van der Waals surface area contributed by atoms with E-state index in [2.05, 4.69) is 10.3 Å². The van der Waals surface area contributed by atoms with Crippen molar-refractivity contribution in [3.8, 4) is 0 Å². The van der Waals surface area contributed by atoms with Gasteiger partial charge in [-0.2, -0.15) is 0 Å². The van der Waals surface area contributed by atoms with Crippen LogP contribution in [0.4, 0.5) is 5.69 Å². The summed E-state index contributed by atoms with van der Waals surface area (Å²) in [5, 5.41) is 3.03. The van der Waals surface area contributed by atoms with Crippen molar-refractivity contribution in [3.63, 3.8) is 0 Å². The summed E-state index contributed by atoms with van der Waals surface area (Å²) < 4.78 is 0. The van der Waals surface area contributed by atoms with Gasteiger partial charge < -0.3 is 10.2 Å². The van der Waals surface area contributed by atoms with Crippen LogP contribution in [0.5, 0.6) is 0 Å². The number of hydrogen-bond donors (Lipinski definition) is 1. The highest BCUT2D eigenvalue weighted by molar-refractivity contribution is 5.99. The van der Waals surface area contributed by atoms with Gasteiger partial charge in [-0.3, -0.25) is 9.78 Å². The molecule has 2 rings (SSSR count). The highest BCUT2D eigenvalue weighted by atomic mass is 16.2. The molecule has 0 unspecified atom stereocenters. The molecular weight excluding hydrogens is 202 g/mol. The molecule has 0 radical (unpaired) electrons. The number of rotatable bonds is 2. The van der Waals surface area contributed by atoms with Gasteiger partial charge in [0.2, 0.25) is 0 Å². The van der Waals surface area contributed by atoms with E-state index in [-0.39, 0.29) is 5.91 Å². The van der Waals surface area contributed by atoms with Crippen LogP contribution in [0, 0.1) is 0 Å². The average molecular weight is 219 g/mol. The summed E-state index contributed by atoms with van der Waals surface area (Å²) in [5.74, 6) is 0.0946. The molecule has 1 saturated heterocycles. The molecule has 2 heterocycles. The standard InChI is InChI=1S/C12H17N3O/c1-13-11-5-6-14-9-10(11)12(16)15-7-3-2-4-8-15/h5-6,9H,2-4,7-8H2,1H3,(H,13,14). The minimum absolute atomic E-state index is 0.0946. The second-order valence-electron chi connectivity index (χ2n) is 4.02. The van der Waals surface area contributed by atoms with Gasteiger partial charge >= 0.3 is 0 Å². The van der Waals surface area contributed by atoms with E-state index in [0.29, 0.717) is 5.56 Å². The number of anilines is 1. The third-order valence-corrected chi connectivity index (χ3v) is 2.96. The van der Waals surface area contributed by atoms with Gasteiger partial charge in [-0.15, -0.1) is 0 Å². The Labute approximate surface area is 95.7 Å². The molecule has 0 aromatic carbocycles. The summed E-state index contributed by atoms with van der Waals surface area (Å²) in [6.45, 7) is 1.74. The third-order valence-electron chi connectivity index (χ3n) is 2.96. The smallest absolute Gasteiger partial charge is 0.257 e. The summed E-state index contributed by atoms with van der Waals surface area (Å²) >= 11 is 0. The number of carbonyl (C=O) groups is 1. The maximum Gasteiger partial charge on any atom is 0.257 e. The molecule has 1 aliphatic rings. The Morgan fingerprint density at radius 1 is 1.38 bits per heavy atom. The number of likely N-dealkylation sites (tertiary alicyclic amines) is 1. The molecule has 0 saturated carbocycles. The van der Waals surface area contributed by atoms with Crippen molar-refractivity contribution in [2.24, 2.45) is 0 Å². The fourth-order valence-electron chi connectivity index (χ4n) is 2.05. The van der Waals surface area contributed by atoms with Gasteiger partial charge in [0.15, 0.2) is 0 Å². The normalized spacial score (nSPS) is 15.9. The van der Waals surface area contributed by atoms with E-state index in [0.717, 1.165) is 31.6 Å². The maximum absolute atomic E-state index is 12.2. The van der Waals surface area contributed by atoms with Gasteiger partial charge in [0, 0.05) is 38.2 Å². The number of aromatic nitrogens is 1. The first-order valence-corrected chi connectivity index (χ1v) is 5.74. The molecule has 0 aliphatic carbocycles. The van der Waals surface area contributed by atoms with Gasteiger partial charge in [0.1, 0.15) is 0 Å². The molecule has 16 heavy (non-hydrogen) atoms. The number of amides is 1. The van der Waals surface area contributed by atoms with Crippen LogP contribution >= 0.6 is 0 Å². The van der Waals surface area contributed by atoms with Crippen molar-refractivity contribution >= 4 is 11.6 Å². The van der Waals surface area contributed by atoms with Crippen LogP contribution in [-0.4, -0.2) is 35.9 Å². The van der Waals surface area contributed by atoms with Gasteiger partial charge in [-0.1, -0.05) is 0 Å². The Hall–Kier alpha value is -1.58. The molecule has 1 N–H and O–H groups in total. The summed E-state index contributed by atoms with van der Waals surface area (Å²) in [5.41, 5.74) is 1.53. The van der Waals surface area contributed by atoms with Gasteiger partial charge in [-0.25, -0.2) is 0 Å². The maximum atomic E-state index is 12.2. The number of hydrogen-bond acceptors (Lipinski definition) is 3. The SMILES string of the molecule is CNc1ccncc1C(=O)N1CCCCC1. The summed E-state index contributed by atoms with van der Waals surface area (Å²) in [4.78, 5) is 18.2. The molecule has 4 heteroatoms. The van der Waals surface area contributed by atoms with Crippen LogP contribution in [0.15, 0.2) is 18.5 Å². The monoisotopic (exact) mass is 219 g/mol. The quantitative estimate of drug-likeness (QED) is 0.824. The topological polar surface area (TPSA) is 45.2 Å². The number of pyridine rings is 1. The molecular formula is C12H17N3O. The molecule has 1 amide bonds. The zero-order chi connectivity index (χ0) is 11.4. The molecule has 0 spiro atoms. The van der Waals surface area contributed by atoms with E-state index >= 15 is 0 Å². The van der Waals surface area contributed by atoms with Gasteiger partial charge in [0.05, 0.1) is 5.56 Å². The number of nitrogens with zero attached hydrogens (tertiary/aromatic N) is 2. The first kappa shape index (κ1) is 10.9. The van der Waals surface area contributed by atoms with Crippen molar-refractivity contribution in [1.82, 2.24) is 9.88 Å². The first-order valence-electron chi connectivity index (χ1n) is 5.74. The second-order valence-corrected chi connectivity index (χ2v) is 4.02. The summed E-state index contributed by atoms with van der Waals surface area (Å²) in [7, 11) is 1.82. The Balaban J connectivity index is 2.19. The number of nitrogens with one attached hydrogen (secondary N) is 1. The minimum atomic E-state index is 0.0946. The predicted molar refractivity (Wildman–Crippen MR) is 63.5 cm³/mol. The molecule has 0 atom stereocenters. The molecule has 1 aromatic rings. The lowest BCUT2D eigenvalue weighted by molar-refractivity contribution is 0.0725. The molecule has 86 valence electrons. The van der Waals surface area contributed by atoms with E-state index in [1.807, 2.05) is 18.0 Å². The van der Waals surface area contributed by atoms with Gasteiger partial charge in [-0.05, 0) is 25.3 Å². The van der Waals surface area contributed by atoms with E-state index in [1.165, 1.54) is 6.42 Å². The molecule has 1 aromatic heterocycles. The van der Waals surface area contributed by atoms with Crippen molar-refractivity contribution in [1.29, 1.82) is 0 Å². The first-order chi connectivity index (χ1) is 7.83. The van der Waals surface area contributed by atoms with Gasteiger partial charge in [0.25, 0.3) is 5.91 Å². The van der Waals surface area contributed by atoms with Crippen molar-refractivity contribution < 1.29 is 4.79 Å². The highest BCUT2D eigenvalue weighted by Crippen LogP contribution is 2.18. The van der Waals surface area contributed by atoms with E-state index in [4.69, 9.17) is 0 Å². The van der Waals surface area contributed by atoms with Crippen LogP contribution in [0.2, 0.25) is 0 Å². The Morgan fingerprint density at radius 2 is 2.12 bits per heavy atom. The zero-order valence-corrected chi connectivity index (χ0v) is 9.57.